The number of benzene rings is 1. The molecule has 0 radical (unpaired) electrons. The first kappa shape index (κ1) is 10.9. The van der Waals surface area contributed by atoms with Gasteiger partial charge in [0.2, 0.25) is 0 Å². The smallest absolute Gasteiger partial charge is 0.192 e. The van der Waals surface area contributed by atoms with Crippen LogP contribution in [0.3, 0.4) is 0 Å². The van der Waals surface area contributed by atoms with E-state index < -0.39 is 0 Å². The van der Waals surface area contributed by atoms with Gasteiger partial charge in [-0.05, 0) is 24.1 Å². The van der Waals surface area contributed by atoms with E-state index in [4.69, 9.17) is 17.3 Å². The van der Waals surface area contributed by atoms with E-state index in [0.29, 0.717) is 11.0 Å². The molecule has 0 fully saturated rings. The van der Waals surface area contributed by atoms with E-state index >= 15 is 0 Å². The number of aliphatic imine (C=N–C) groups is 1. The van der Waals surface area contributed by atoms with E-state index in [-0.39, 0.29) is 0 Å². The third-order valence-electron chi connectivity index (χ3n) is 1.94. The first-order valence-corrected chi connectivity index (χ1v) is 4.83. The number of nitrogens with one attached hydrogen (secondary N) is 1. The molecule has 0 unspecified atom stereocenters. The molecule has 0 heterocycles. The molecule has 0 atom stereocenters. The lowest BCUT2D eigenvalue weighted by atomic mass is 10.1. The minimum absolute atomic E-state index is 0.361. The van der Waals surface area contributed by atoms with E-state index in [9.17, 15) is 0 Å². The maximum absolute atomic E-state index is 5.98. The first-order chi connectivity index (χ1) is 6.67. The average Bonchev–Trinajstić information content (AvgIpc) is 2.21. The summed E-state index contributed by atoms with van der Waals surface area (Å²) in [5.74, 6) is 0.361. The summed E-state index contributed by atoms with van der Waals surface area (Å²) < 4.78 is 0. The number of halogens is 1. The van der Waals surface area contributed by atoms with Gasteiger partial charge >= 0.3 is 0 Å². The summed E-state index contributed by atoms with van der Waals surface area (Å²) in [6.45, 7) is 2.09. The normalized spacial score (nSPS) is 11.5. The molecule has 0 saturated carbocycles. The van der Waals surface area contributed by atoms with Crippen LogP contribution in [-0.2, 0) is 6.42 Å². The van der Waals surface area contributed by atoms with Gasteiger partial charge in [-0.1, -0.05) is 24.6 Å². The molecular formula is C10H14ClN3. The lowest BCUT2D eigenvalue weighted by Gasteiger charge is -2.08. The second-order valence-corrected chi connectivity index (χ2v) is 3.31. The minimum atomic E-state index is 0.361. The van der Waals surface area contributed by atoms with Gasteiger partial charge < -0.3 is 11.1 Å². The SMILES string of the molecule is CCc1ccc(Cl)c(NC(N)=NC)c1. The molecular weight excluding hydrogens is 198 g/mol. The Bertz CT molecular complexity index is 347. The van der Waals surface area contributed by atoms with Gasteiger partial charge in [0.25, 0.3) is 0 Å². The number of nitrogens with two attached hydrogens (primary N) is 1. The fourth-order valence-electron chi connectivity index (χ4n) is 1.08. The summed E-state index contributed by atoms with van der Waals surface area (Å²) in [4.78, 5) is 3.81. The van der Waals surface area contributed by atoms with Crippen LogP contribution in [0.15, 0.2) is 23.2 Å². The molecule has 0 saturated heterocycles. The number of hydrogen-bond donors (Lipinski definition) is 2. The van der Waals surface area contributed by atoms with Gasteiger partial charge in [-0.3, -0.25) is 4.99 Å². The van der Waals surface area contributed by atoms with Gasteiger partial charge in [0.05, 0.1) is 10.7 Å². The third-order valence-corrected chi connectivity index (χ3v) is 2.27. The number of nitrogens with zero attached hydrogens (tertiary/aromatic N) is 1. The van der Waals surface area contributed by atoms with Crippen LogP contribution in [0.1, 0.15) is 12.5 Å². The molecule has 3 nitrogen and oxygen atoms in total. The van der Waals surface area contributed by atoms with Crippen molar-refractivity contribution < 1.29 is 0 Å². The summed E-state index contributed by atoms with van der Waals surface area (Å²) in [5.41, 5.74) is 7.55. The van der Waals surface area contributed by atoms with E-state index in [2.05, 4.69) is 17.2 Å². The molecule has 1 rings (SSSR count). The monoisotopic (exact) mass is 211 g/mol. The molecule has 4 heteroatoms. The second-order valence-electron chi connectivity index (χ2n) is 2.90. The van der Waals surface area contributed by atoms with Crippen molar-refractivity contribution in [3.8, 4) is 0 Å². The highest BCUT2D eigenvalue weighted by molar-refractivity contribution is 6.33. The van der Waals surface area contributed by atoms with Gasteiger partial charge in [-0.25, -0.2) is 0 Å². The molecule has 76 valence electrons. The minimum Gasteiger partial charge on any atom is -0.370 e. The van der Waals surface area contributed by atoms with Crippen LogP contribution in [0.5, 0.6) is 0 Å². The van der Waals surface area contributed by atoms with E-state index in [0.717, 1.165) is 12.1 Å². The zero-order valence-electron chi connectivity index (χ0n) is 8.34. The Hall–Kier alpha value is -1.22. The Morgan fingerprint density at radius 1 is 1.57 bits per heavy atom. The molecule has 14 heavy (non-hydrogen) atoms. The maximum Gasteiger partial charge on any atom is 0.192 e. The lowest BCUT2D eigenvalue weighted by Crippen LogP contribution is -2.22. The average molecular weight is 212 g/mol. The Labute approximate surface area is 89.0 Å². The number of guanidine groups is 1. The highest BCUT2D eigenvalue weighted by Crippen LogP contribution is 2.22. The van der Waals surface area contributed by atoms with Crippen LogP contribution >= 0.6 is 11.6 Å². The maximum atomic E-state index is 5.98. The predicted molar refractivity (Wildman–Crippen MR) is 62.0 cm³/mol. The molecule has 0 amide bonds. The van der Waals surface area contributed by atoms with Gasteiger partial charge in [-0.2, -0.15) is 0 Å². The third kappa shape index (κ3) is 2.64. The molecule has 0 aliphatic rings. The number of aryl methyl sites for hydroxylation is 1. The molecule has 1 aromatic carbocycles. The predicted octanol–water partition coefficient (Wildman–Crippen LogP) is 2.26. The van der Waals surface area contributed by atoms with E-state index in [1.807, 2.05) is 18.2 Å². The number of rotatable bonds is 2. The van der Waals surface area contributed by atoms with Crippen molar-refractivity contribution in [1.82, 2.24) is 0 Å². The van der Waals surface area contributed by atoms with E-state index in [1.165, 1.54) is 5.56 Å². The zero-order chi connectivity index (χ0) is 10.6. The van der Waals surface area contributed by atoms with Crippen molar-refractivity contribution in [3.05, 3.63) is 28.8 Å². The Morgan fingerprint density at radius 3 is 2.86 bits per heavy atom. The fourth-order valence-corrected chi connectivity index (χ4v) is 1.25. The molecule has 0 aliphatic carbocycles. The number of hydrogen-bond acceptors (Lipinski definition) is 1. The van der Waals surface area contributed by atoms with Crippen LogP contribution < -0.4 is 11.1 Å². The van der Waals surface area contributed by atoms with Crippen LogP contribution in [0.25, 0.3) is 0 Å². The molecule has 0 spiro atoms. The van der Waals surface area contributed by atoms with E-state index in [1.54, 1.807) is 7.05 Å². The largest absolute Gasteiger partial charge is 0.370 e. The highest BCUT2D eigenvalue weighted by Gasteiger charge is 2.01. The molecule has 0 aliphatic heterocycles. The zero-order valence-corrected chi connectivity index (χ0v) is 9.10. The summed E-state index contributed by atoms with van der Waals surface area (Å²) in [6.07, 6.45) is 0.967. The number of anilines is 1. The van der Waals surface area contributed by atoms with Crippen LogP contribution in [0, 0.1) is 0 Å². The lowest BCUT2D eigenvalue weighted by molar-refractivity contribution is 1.14. The standard InChI is InChI=1S/C10H14ClN3/c1-3-7-4-5-8(11)9(6-7)14-10(12)13-2/h4-6H,3H2,1-2H3,(H3,12,13,14). The quantitative estimate of drug-likeness (QED) is 0.583. The Morgan fingerprint density at radius 2 is 2.29 bits per heavy atom. The summed E-state index contributed by atoms with van der Waals surface area (Å²) in [5, 5.41) is 3.58. The highest BCUT2D eigenvalue weighted by atomic mass is 35.5. The fraction of sp³-hybridized carbons (Fsp3) is 0.300. The van der Waals surface area contributed by atoms with Crippen molar-refractivity contribution in [2.75, 3.05) is 12.4 Å². The van der Waals surface area contributed by atoms with Crippen LogP contribution in [-0.4, -0.2) is 13.0 Å². The Balaban J connectivity index is 2.95. The van der Waals surface area contributed by atoms with Crippen molar-refractivity contribution in [1.29, 1.82) is 0 Å². The molecule has 1 aromatic rings. The van der Waals surface area contributed by atoms with Gasteiger partial charge in [0.15, 0.2) is 5.96 Å². The molecule has 3 N–H and O–H groups in total. The van der Waals surface area contributed by atoms with Gasteiger partial charge in [0.1, 0.15) is 0 Å². The van der Waals surface area contributed by atoms with Crippen molar-refractivity contribution >= 4 is 23.2 Å². The van der Waals surface area contributed by atoms with Crippen LogP contribution in [0.2, 0.25) is 5.02 Å². The van der Waals surface area contributed by atoms with Gasteiger partial charge in [0, 0.05) is 7.05 Å². The molecule has 0 bridgehead atoms. The van der Waals surface area contributed by atoms with Crippen molar-refractivity contribution in [2.24, 2.45) is 10.7 Å². The topological polar surface area (TPSA) is 50.4 Å². The molecule has 0 aromatic heterocycles. The van der Waals surface area contributed by atoms with Crippen molar-refractivity contribution in [3.63, 3.8) is 0 Å². The summed E-state index contributed by atoms with van der Waals surface area (Å²) in [7, 11) is 1.62. The summed E-state index contributed by atoms with van der Waals surface area (Å²) in [6, 6.07) is 5.82. The first-order valence-electron chi connectivity index (χ1n) is 4.45. The second kappa shape index (κ2) is 4.86. The van der Waals surface area contributed by atoms with Gasteiger partial charge in [-0.15, -0.1) is 0 Å². The van der Waals surface area contributed by atoms with Crippen molar-refractivity contribution in [2.45, 2.75) is 13.3 Å². The Kier molecular flexibility index (Phi) is 3.77. The summed E-state index contributed by atoms with van der Waals surface area (Å²) >= 11 is 5.98. The van der Waals surface area contributed by atoms with Crippen LogP contribution in [0.4, 0.5) is 5.69 Å².